The molecular weight excluding hydrogens is 278 g/mol. The first-order valence-electron chi connectivity index (χ1n) is 6.32. The van der Waals surface area contributed by atoms with Crippen LogP contribution in [0.5, 0.6) is 0 Å². The Kier molecular flexibility index (Phi) is 4.40. The van der Waals surface area contributed by atoms with Crippen LogP contribution >= 0.6 is 15.9 Å². The molecule has 0 aromatic carbocycles. The van der Waals surface area contributed by atoms with Gasteiger partial charge in [-0.15, -0.1) is 0 Å². The van der Waals surface area contributed by atoms with Gasteiger partial charge in [0.2, 0.25) is 0 Å². The van der Waals surface area contributed by atoms with Crippen molar-refractivity contribution in [3.63, 3.8) is 0 Å². The molecule has 0 radical (unpaired) electrons. The van der Waals surface area contributed by atoms with E-state index in [1.807, 2.05) is 12.3 Å². The number of hydrogen-bond acceptors (Lipinski definition) is 3. The third-order valence-electron chi connectivity index (χ3n) is 3.68. The van der Waals surface area contributed by atoms with Gasteiger partial charge in [0.1, 0.15) is 5.82 Å². The van der Waals surface area contributed by atoms with Crippen LogP contribution in [0.2, 0.25) is 0 Å². The van der Waals surface area contributed by atoms with Crippen LogP contribution in [0.15, 0.2) is 22.8 Å². The molecule has 1 aliphatic heterocycles. The predicted molar refractivity (Wildman–Crippen MR) is 75.1 cm³/mol. The molecule has 4 heteroatoms. The maximum atomic E-state index is 5.90. The molecule has 94 valence electrons. The molecule has 2 atom stereocenters. The summed E-state index contributed by atoms with van der Waals surface area (Å²) in [6.07, 6.45) is 5.57. The SMILES string of the molecule is CCC1CCN(c2ccc(Br)cn2)C(CN)C1. The van der Waals surface area contributed by atoms with E-state index < -0.39 is 0 Å². The van der Waals surface area contributed by atoms with Crippen molar-refractivity contribution in [2.24, 2.45) is 11.7 Å². The van der Waals surface area contributed by atoms with Crippen molar-refractivity contribution >= 4 is 21.7 Å². The molecule has 3 nitrogen and oxygen atoms in total. The van der Waals surface area contributed by atoms with E-state index in [-0.39, 0.29) is 0 Å². The number of pyridine rings is 1. The van der Waals surface area contributed by atoms with E-state index in [1.54, 1.807) is 0 Å². The number of halogens is 1. The molecule has 1 saturated heterocycles. The normalized spacial score (nSPS) is 25.0. The molecule has 0 bridgehead atoms. The number of aromatic nitrogens is 1. The second kappa shape index (κ2) is 5.83. The Hall–Kier alpha value is -0.610. The fourth-order valence-corrected chi connectivity index (χ4v) is 2.80. The van der Waals surface area contributed by atoms with Crippen LogP contribution in [0.4, 0.5) is 5.82 Å². The lowest BCUT2D eigenvalue weighted by Crippen LogP contribution is -2.47. The highest BCUT2D eigenvalue weighted by molar-refractivity contribution is 9.10. The van der Waals surface area contributed by atoms with Crippen LogP contribution in [-0.2, 0) is 0 Å². The average Bonchev–Trinajstić information content (AvgIpc) is 2.39. The lowest BCUT2D eigenvalue weighted by Gasteiger charge is -2.39. The Balaban J connectivity index is 2.12. The molecule has 0 aliphatic carbocycles. The van der Waals surface area contributed by atoms with Gasteiger partial charge in [0.15, 0.2) is 0 Å². The summed E-state index contributed by atoms with van der Waals surface area (Å²) in [5.41, 5.74) is 5.90. The Morgan fingerprint density at radius 3 is 2.94 bits per heavy atom. The van der Waals surface area contributed by atoms with Gasteiger partial charge >= 0.3 is 0 Å². The van der Waals surface area contributed by atoms with E-state index in [1.165, 1.54) is 19.3 Å². The number of rotatable bonds is 3. The molecule has 0 amide bonds. The lowest BCUT2D eigenvalue weighted by atomic mass is 9.89. The van der Waals surface area contributed by atoms with Gasteiger partial charge in [-0.25, -0.2) is 4.98 Å². The van der Waals surface area contributed by atoms with Gasteiger partial charge in [0.05, 0.1) is 0 Å². The van der Waals surface area contributed by atoms with Crippen molar-refractivity contribution in [3.8, 4) is 0 Å². The van der Waals surface area contributed by atoms with Crippen molar-refractivity contribution in [1.82, 2.24) is 4.98 Å². The van der Waals surface area contributed by atoms with Gasteiger partial charge in [-0.3, -0.25) is 0 Å². The van der Waals surface area contributed by atoms with Crippen molar-refractivity contribution in [2.45, 2.75) is 32.2 Å². The minimum atomic E-state index is 0.447. The zero-order valence-corrected chi connectivity index (χ0v) is 11.9. The third kappa shape index (κ3) is 2.99. The molecule has 2 rings (SSSR count). The van der Waals surface area contributed by atoms with Crippen LogP contribution in [-0.4, -0.2) is 24.1 Å². The first kappa shape index (κ1) is 12.8. The summed E-state index contributed by atoms with van der Waals surface area (Å²) >= 11 is 3.42. The zero-order chi connectivity index (χ0) is 12.3. The quantitative estimate of drug-likeness (QED) is 0.933. The molecule has 1 fully saturated rings. The standard InChI is InChI=1S/C13H20BrN3/c1-2-10-5-6-17(12(7-10)8-15)13-4-3-11(14)9-16-13/h3-4,9-10,12H,2,5-8,15H2,1H3. The Bertz CT molecular complexity index is 352. The molecule has 1 aromatic heterocycles. The monoisotopic (exact) mass is 297 g/mol. The summed E-state index contributed by atoms with van der Waals surface area (Å²) in [5, 5.41) is 0. The summed E-state index contributed by atoms with van der Waals surface area (Å²) in [6.45, 7) is 4.06. The van der Waals surface area contributed by atoms with Gasteiger partial charge in [0.25, 0.3) is 0 Å². The van der Waals surface area contributed by atoms with E-state index in [4.69, 9.17) is 5.73 Å². The van der Waals surface area contributed by atoms with Gasteiger partial charge in [-0.2, -0.15) is 0 Å². The topological polar surface area (TPSA) is 42.2 Å². The molecule has 2 unspecified atom stereocenters. The van der Waals surface area contributed by atoms with Crippen LogP contribution < -0.4 is 10.6 Å². The minimum absolute atomic E-state index is 0.447. The van der Waals surface area contributed by atoms with Crippen LogP contribution in [0.1, 0.15) is 26.2 Å². The van der Waals surface area contributed by atoms with Gasteiger partial charge in [0, 0.05) is 29.8 Å². The molecule has 0 saturated carbocycles. The van der Waals surface area contributed by atoms with Crippen molar-refractivity contribution < 1.29 is 0 Å². The van der Waals surface area contributed by atoms with Crippen LogP contribution in [0.25, 0.3) is 0 Å². The van der Waals surface area contributed by atoms with Gasteiger partial charge in [-0.1, -0.05) is 13.3 Å². The van der Waals surface area contributed by atoms with Crippen molar-refractivity contribution in [1.29, 1.82) is 0 Å². The highest BCUT2D eigenvalue weighted by Gasteiger charge is 2.27. The Labute approximate surface area is 112 Å². The maximum Gasteiger partial charge on any atom is 0.128 e. The predicted octanol–water partition coefficient (Wildman–Crippen LogP) is 2.80. The van der Waals surface area contributed by atoms with E-state index in [2.05, 4.69) is 38.8 Å². The summed E-state index contributed by atoms with van der Waals surface area (Å²) in [4.78, 5) is 6.83. The molecule has 1 aromatic rings. The second-order valence-electron chi connectivity index (χ2n) is 4.72. The molecular formula is C13H20BrN3. The van der Waals surface area contributed by atoms with Crippen LogP contribution in [0, 0.1) is 5.92 Å². The highest BCUT2D eigenvalue weighted by Crippen LogP contribution is 2.28. The lowest BCUT2D eigenvalue weighted by molar-refractivity contribution is 0.334. The molecule has 1 aliphatic rings. The fraction of sp³-hybridized carbons (Fsp3) is 0.615. The fourth-order valence-electron chi connectivity index (χ4n) is 2.57. The number of nitrogens with zero attached hydrogens (tertiary/aromatic N) is 2. The summed E-state index contributed by atoms with van der Waals surface area (Å²) in [6, 6.07) is 4.56. The number of anilines is 1. The van der Waals surface area contributed by atoms with Gasteiger partial charge in [-0.05, 0) is 46.8 Å². The summed E-state index contributed by atoms with van der Waals surface area (Å²) in [7, 11) is 0. The van der Waals surface area contributed by atoms with Crippen LogP contribution in [0.3, 0.4) is 0 Å². The largest absolute Gasteiger partial charge is 0.352 e. The summed E-state index contributed by atoms with van der Waals surface area (Å²) < 4.78 is 1.02. The second-order valence-corrected chi connectivity index (χ2v) is 5.63. The van der Waals surface area contributed by atoms with E-state index in [0.717, 1.165) is 22.8 Å². The zero-order valence-electron chi connectivity index (χ0n) is 10.3. The molecule has 2 N–H and O–H groups in total. The van der Waals surface area contributed by atoms with Gasteiger partial charge < -0.3 is 10.6 Å². The average molecular weight is 298 g/mol. The first-order chi connectivity index (χ1) is 8.24. The number of hydrogen-bond donors (Lipinski definition) is 1. The first-order valence-corrected chi connectivity index (χ1v) is 7.12. The van der Waals surface area contributed by atoms with E-state index in [9.17, 15) is 0 Å². The number of nitrogens with two attached hydrogens (primary N) is 1. The molecule has 2 heterocycles. The number of piperidine rings is 1. The van der Waals surface area contributed by atoms with Crippen molar-refractivity contribution in [2.75, 3.05) is 18.0 Å². The maximum absolute atomic E-state index is 5.90. The Morgan fingerprint density at radius 2 is 2.35 bits per heavy atom. The Morgan fingerprint density at radius 1 is 1.53 bits per heavy atom. The molecule has 0 spiro atoms. The van der Waals surface area contributed by atoms with E-state index >= 15 is 0 Å². The smallest absolute Gasteiger partial charge is 0.128 e. The van der Waals surface area contributed by atoms with Crippen molar-refractivity contribution in [3.05, 3.63) is 22.8 Å². The highest BCUT2D eigenvalue weighted by atomic mass is 79.9. The minimum Gasteiger partial charge on any atom is -0.352 e. The van der Waals surface area contributed by atoms with E-state index in [0.29, 0.717) is 12.6 Å². The molecule has 17 heavy (non-hydrogen) atoms. The summed E-state index contributed by atoms with van der Waals surface area (Å²) in [5.74, 6) is 1.88. The third-order valence-corrected chi connectivity index (χ3v) is 4.15.